The summed E-state index contributed by atoms with van der Waals surface area (Å²) in [5.41, 5.74) is -0.592. The van der Waals surface area contributed by atoms with Crippen LogP contribution in [0.4, 0.5) is 23.7 Å². The minimum absolute atomic E-state index is 0.0758. The van der Waals surface area contributed by atoms with Gasteiger partial charge in [-0.05, 0) is 57.0 Å². The quantitative estimate of drug-likeness (QED) is 0.537. The maximum absolute atomic E-state index is 13.7. The van der Waals surface area contributed by atoms with Crippen molar-refractivity contribution >= 4 is 29.3 Å². The van der Waals surface area contributed by atoms with Crippen molar-refractivity contribution in [1.29, 1.82) is 5.26 Å². The van der Waals surface area contributed by atoms with E-state index in [-0.39, 0.29) is 47.7 Å². The van der Waals surface area contributed by atoms with Gasteiger partial charge in [0.25, 0.3) is 0 Å². The first-order chi connectivity index (χ1) is 17.3. The van der Waals surface area contributed by atoms with Crippen LogP contribution < -0.4 is 10.2 Å². The number of amides is 2. The Morgan fingerprint density at radius 3 is 2.54 bits per heavy atom. The van der Waals surface area contributed by atoms with E-state index in [4.69, 9.17) is 16.3 Å². The van der Waals surface area contributed by atoms with Crippen LogP contribution >= 0.6 is 11.6 Å². The second kappa shape index (κ2) is 11.3. The first-order valence-electron chi connectivity index (χ1n) is 11.6. The Hall–Kier alpha value is -3.45. The number of alkyl halides is 3. The molecule has 0 radical (unpaired) electrons. The summed E-state index contributed by atoms with van der Waals surface area (Å²) in [5, 5.41) is 11.8. The average Bonchev–Trinajstić information content (AvgIpc) is 3.29. The van der Waals surface area contributed by atoms with Crippen LogP contribution in [0.5, 0.6) is 0 Å². The number of carbonyl (C=O) groups is 2. The summed E-state index contributed by atoms with van der Waals surface area (Å²) < 4.78 is 46.2. The van der Waals surface area contributed by atoms with E-state index in [9.17, 15) is 28.0 Å². The molecule has 0 aromatic heterocycles. The fourth-order valence-electron chi connectivity index (χ4n) is 4.12. The summed E-state index contributed by atoms with van der Waals surface area (Å²) in [4.78, 5) is 28.0. The molecule has 1 aliphatic heterocycles. The van der Waals surface area contributed by atoms with Gasteiger partial charge in [0.2, 0.25) is 5.91 Å². The van der Waals surface area contributed by atoms with Gasteiger partial charge in [-0.25, -0.2) is 4.79 Å². The van der Waals surface area contributed by atoms with Crippen LogP contribution in [0.25, 0.3) is 0 Å². The Labute approximate surface area is 218 Å². The van der Waals surface area contributed by atoms with Crippen LogP contribution in [-0.4, -0.2) is 48.2 Å². The molecule has 11 heteroatoms. The zero-order valence-electron chi connectivity index (χ0n) is 20.7. The number of nitriles is 1. The summed E-state index contributed by atoms with van der Waals surface area (Å²) in [7, 11) is 0. The van der Waals surface area contributed by atoms with Crippen LogP contribution in [0.2, 0.25) is 5.02 Å². The number of rotatable bonds is 6. The molecule has 0 spiro atoms. The number of anilines is 1. The molecule has 0 saturated carbocycles. The number of benzene rings is 2. The second-order valence-corrected chi connectivity index (χ2v) is 10.1. The normalized spacial score (nSPS) is 15.7. The van der Waals surface area contributed by atoms with Gasteiger partial charge in [-0.1, -0.05) is 29.8 Å². The summed E-state index contributed by atoms with van der Waals surface area (Å²) in [5.74, 6) is -0.332. The summed E-state index contributed by atoms with van der Waals surface area (Å²) in [6.07, 6.45) is -4.76. The number of hydrogen-bond donors (Lipinski definition) is 1. The molecule has 198 valence electrons. The number of halogens is 4. The van der Waals surface area contributed by atoms with Crippen molar-refractivity contribution in [1.82, 2.24) is 10.2 Å². The fourth-order valence-corrected chi connectivity index (χ4v) is 4.34. The first-order valence-corrected chi connectivity index (χ1v) is 12.0. The Balaban J connectivity index is 1.81. The molecule has 0 aliphatic carbocycles. The molecule has 3 rings (SSSR count). The van der Waals surface area contributed by atoms with Crippen molar-refractivity contribution in [2.75, 3.05) is 24.5 Å². The van der Waals surface area contributed by atoms with Gasteiger partial charge in [0.15, 0.2) is 0 Å². The third kappa shape index (κ3) is 7.52. The number of hydrogen-bond acceptors (Lipinski definition) is 5. The van der Waals surface area contributed by atoms with Crippen LogP contribution in [0.15, 0.2) is 42.5 Å². The molecule has 2 aromatic carbocycles. The van der Waals surface area contributed by atoms with Crippen molar-refractivity contribution in [2.24, 2.45) is 0 Å². The number of carbonyl (C=O) groups excluding carboxylic acids is 2. The van der Waals surface area contributed by atoms with E-state index >= 15 is 0 Å². The minimum atomic E-state index is -4.53. The maximum atomic E-state index is 13.7. The van der Waals surface area contributed by atoms with Crippen molar-refractivity contribution < 1.29 is 27.5 Å². The van der Waals surface area contributed by atoms with E-state index in [0.29, 0.717) is 18.7 Å². The van der Waals surface area contributed by atoms with Crippen LogP contribution in [0.3, 0.4) is 0 Å². The highest BCUT2D eigenvalue weighted by molar-refractivity contribution is 6.32. The molecule has 0 bridgehead atoms. The lowest BCUT2D eigenvalue weighted by atomic mass is 10.0. The lowest BCUT2D eigenvalue weighted by molar-refractivity contribution is -0.138. The molecule has 1 fully saturated rings. The van der Waals surface area contributed by atoms with E-state index in [1.165, 1.54) is 18.2 Å². The van der Waals surface area contributed by atoms with Gasteiger partial charge in [0, 0.05) is 31.4 Å². The molecule has 7 nitrogen and oxygen atoms in total. The van der Waals surface area contributed by atoms with Gasteiger partial charge in [-0.15, -0.1) is 0 Å². The molecule has 1 aliphatic rings. The lowest BCUT2D eigenvalue weighted by Gasteiger charge is -2.32. The zero-order chi connectivity index (χ0) is 27.4. The average molecular weight is 537 g/mol. The molecule has 37 heavy (non-hydrogen) atoms. The molecule has 2 amide bonds. The highest BCUT2D eigenvalue weighted by Gasteiger charge is 2.36. The Kier molecular flexibility index (Phi) is 8.59. The summed E-state index contributed by atoms with van der Waals surface area (Å²) >= 11 is 6.24. The molecular formula is C26H28ClF3N4O3. The SMILES string of the molecule is CC(C)(C)OC(=O)NCC(=O)N1CC[C@H](N(Cc2ccccc2C(F)(F)F)c2ccc(C#N)c(Cl)c2)C1. The highest BCUT2D eigenvalue weighted by atomic mass is 35.5. The third-order valence-corrected chi connectivity index (χ3v) is 6.12. The monoisotopic (exact) mass is 536 g/mol. The topological polar surface area (TPSA) is 85.7 Å². The van der Waals surface area contributed by atoms with Gasteiger partial charge < -0.3 is 19.9 Å². The Morgan fingerprint density at radius 2 is 1.92 bits per heavy atom. The lowest BCUT2D eigenvalue weighted by Crippen LogP contribution is -2.43. The molecular weight excluding hydrogens is 509 g/mol. The molecule has 1 saturated heterocycles. The molecule has 1 atom stereocenters. The second-order valence-electron chi connectivity index (χ2n) is 9.70. The molecule has 1 N–H and O–H groups in total. The van der Waals surface area contributed by atoms with Crippen LogP contribution in [0.1, 0.15) is 43.9 Å². The van der Waals surface area contributed by atoms with Gasteiger partial charge in [0.05, 0.1) is 16.1 Å². The fraction of sp³-hybridized carbons (Fsp3) is 0.423. The highest BCUT2D eigenvalue weighted by Crippen LogP contribution is 2.35. The van der Waals surface area contributed by atoms with Crippen molar-refractivity contribution in [2.45, 2.75) is 51.6 Å². The number of ether oxygens (including phenoxy) is 1. The predicted octanol–water partition coefficient (Wildman–Crippen LogP) is 5.36. The Morgan fingerprint density at radius 1 is 1.22 bits per heavy atom. The number of nitrogens with zero attached hydrogens (tertiary/aromatic N) is 3. The number of nitrogens with one attached hydrogen (secondary N) is 1. The van der Waals surface area contributed by atoms with E-state index in [0.717, 1.165) is 6.07 Å². The number of likely N-dealkylation sites (tertiary alicyclic amines) is 1. The first kappa shape index (κ1) is 28.1. The van der Waals surface area contributed by atoms with Crippen molar-refractivity contribution in [3.05, 3.63) is 64.2 Å². The van der Waals surface area contributed by atoms with Gasteiger partial charge in [0.1, 0.15) is 18.2 Å². The van der Waals surface area contributed by atoms with Gasteiger partial charge in [-0.3, -0.25) is 4.79 Å². The number of alkyl carbamates (subject to hydrolysis) is 1. The van der Waals surface area contributed by atoms with Crippen molar-refractivity contribution in [3.8, 4) is 6.07 Å². The minimum Gasteiger partial charge on any atom is -0.444 e. The van der Waals surface area contributed by atoms with Gasteiger partial charge in [-0.2, -0.15) is 18.4 Å². The standard InChI is InChI=1S/C26H28ClF3N4O3/c1-25(2,3)37-24(36)32-14-23(35)33-11-10-20(16-33)34(19-9-8-17(13-31)22(27)12-19)15-18-6-4-5-7-21(18)26(28,29)30/h4-9,12,20H,10-11,14-16H2,1-3H3,(H,32,36)/t20-/m0/s1. The third-order valence-electron chi connectivity index (χ3n) is 5.81. The smallest absolute Gasteiger partial charge is 0.416 e. The predicted molar refractivity (Wildman–Crippen MR) is 133 cm³/mol. The van der Waals surface area contributed by atoms with Crippen LogP contribution in [0, 0.1) is 11.3 Å². The Bertz CT molecular complexity index is 1190. The van der Waals surface area contributed by atoms with E-state index in [2.05, 4.69) is 5.32 Å². The van der Waals surface area contributed by atoms with E-state index in [1.807, 2.05) is 6.07 Å². The largest absolute Gasteiger partial charge is 0.444 e. The van der Waals surface area contributed by atoms with E-state index in [1.54, 1.807) is 48.8 Å². The molecule has 2 aromatic rings. The van der Waals surface area contributed by atoms with Crippen molar-refractivity contribution in [3.63, 3.8) is 0 Å². The molecule has 1 heterocycles. The van der Waals surface area contributed by atoms with Crippen LogP contribution in [-0.2, 0) is 22.3 Å². The molecule has 0 unspecified atom stereocenters. The van der Waals surface area contributed by atoms with Gasteiger partial charge >= 0.3 is 12.3 Å². The van der Waals surface area contributed by atoms with E-state index < -0.39 is 23.4 Å². The summed E-state index contributed by atoms with van der Waals surface area (Å²) in [6.45, 7) is 5.38. The summed E-state index contributed by atoms with van der Waals surface area (Å²) in [6, 6.07) is 11.7. The maximum Gasteiger partial charge on any atom is 0.416 e. The zero-order valence-corrected chi connectivity index (χ0v) is 21.5.